The molecule has 2 aromatic heterocycles. The number of carbonyl (C=O) groups is 1. The van der Waals surface area contributed by atoms with E-state index in [-0.39, 0.29) is 11.2 Å². The van der Waals surface area contributed by atoms with E-state index < -0.39 is 0 Å². The zero-order valence-electron chi connectivity index (χ0n) is 13.8. The molecule has 2 aromatic rings. The van der Waals surface area contributed by atoms with Crippen molar-refractivity contribution in [2.75, 3.05) is 5.75 Å². The van der Waals surface area contributed by atoms with Crippen molar-refractivity contribution in [3.8, 4) is 11.6 Å². The topological polar surface area (TPSA) is 60.9 Å². The number of nitrogens with zero attached hydrogens (tertiary/aromatic N) is 3. The minimum absolute atomic E-state index is 0.205. The van der Waals surface area contributed by atoms with Crippen molar-refractivity contribution >= 4 is 17.5 Å². The molecule has 0 unspecified atom stereocenters. The SMILES string of the molecule is CC(C)Cn1c(SCC(=O)C(C)(C)C)nnc1-c1ccco1. The number of hydrogen-bond donors (Lipinski definition) is 0. The van der Waals surface area contributed by atoms with E-state index >= 15 is 0 Å². The predicted octanol–water partition coefficient (Wildman–Crippen LogP) is 3.90. The lowest BCUT2D eigenvalue weighted by atomic mass is 9.92. The molecule has 6 heteroatoms. The molecule has 0 atom stereocenters. The van der Waals surface area contributed by atoms with Crippen LogP contribution in [0.15, 0.2) is 28.0 Å². The van der Waals surface area contributed by atoms with Gasteiger partial charge in [0, 0.05) is 12.0 Å². The summed E-state index contributed by atoms with van der Waals surface area (Å²) in [5.41, 5.74) is -0.334. The summed E-state index contributed by atoms with van der Waals surface area (Å²) in [5.74, 6) is 2.46. The number of thioether (sulfide) groups is 1. The third kappa shape index (κ3) is 4.00. The third-order valence-electron chi connectivity index (χ3n) is 3.18. The Bertz CT molecular complexity index is 624. The van der Waals surface area contributed by atoms with E-state index in [1.54, 1.807) is 6.26 Å². The number of Topliss-reactive ketones (excluding diaryl/α,β-unsaturated/α-hetero) is 1. The van der Waals surface area contributed by atoms with E-state index in [4.69, 9.17) is 4.42 Å². The Morgan fingerprint density at radius 2 is 2.09 bits per heavy atom. The minimum atomic E-state index is -0.334. The quantitative estimate of drug-likeness (QED) is 0.755. The second-order valence-electron chi connectivity index (χ2n) is 6.75. The van der Waals surface area contributed by atoms with Crippen molar-refractivity contribution < 1.29 is 9.21 Å². The zero-order chi connectivity index (χ0) is 16.3. The fraction of sp³-hybridized carbons (Fsp3) is 0.562. The van der Waals surface area contributed by atoms with Gasteiger partial charge in [0.05, 0.1) is 12.0 Å². The molecule has 0 aromatic carbocycles. The molecule has 0 amide bonds. The molecule has 0 saturated heterocycles. The van der Waals surface area contributed by atoms with Crippen molar-refractivity contribution in [3.63, 3.8) is 0 Å². The van der Waals surface area contributed by atoms with E-state index in [0.29, 0.717) is 23.3 Å². The number of rotatable bonds is 6. The van der Waals surface area contributed by atoms with Gasteiger partial charge in [0.2, 0.25) is 0 Å². The van der Waals surface area contributed by atoms with Crippen molar-refractivity contribution in [3.05, 3.63) is 18.4 Å². The molecular weight excluding hydrogens is 298 g/mol. The molecule has 0 aliphatic rings. The zero-order valence-corrected chi connectivity index (χ0v) is 14.6. The highest BCUT2D eigenvalue weighted by Gasteiger charge is 2.23. The van der Waals surface area contributed by atoms with Crippen LogP contribution in [0.5, 0.6) is 0 Å². The summed E-state index contributed by atoms with van der Waals surface area (Å²) < 4.78 is 7.47. The maximum absolute atomic E-state index is 12.1. The summed E-state index contributed by atoms with van der Waals surface area (Å²) >= 11 is 1.44. The summed E-state index contributed by atoms with van der Waals surface area (Å²) in [5, 5.41) is 9.24. The molecule has 2 rings (SSSR count). The fourth-order valence-corrected chi connectivity index (χ4v) is 2.97. The van der Waals surface area contributed by atoms with Crippen molar-refractivity contribution in [2.24, 2.45) is 11.3 Å². The van der Waals surface area contributed by atoms with Crippen LogP contribution in [0.2, 0.25) is 0 Å². The van der Waals surface area contributed by atoms with Gasteiger partial charge in [0.25, 0.3) is 0 Å². The van der Waals surface area contributed by atoms with Crippen LogP contribution in [0.4, 0.5) is 0 Å². The van der Waals surface area contributed by atoms with Gasteiger partial charge in [0.1, 0.15) is 5.78 Å². The molecular formula is C16H23N3O2S. The Morgan fingerprint density at radius 3 is 2.64 bits per heavy atom. The Balaban J connectivity index is 2.22. The lowest BCUT2D eigenvalue weighted by molar-refractivity contribution is -0.123. The molecule has 0 bridgehead atoms. The Labute approximate surface area is 135 Å². The number of carbonyl (C=O) groups excluding carboxylic acids is 1. The van der Waals surface area contributed by atoms with Gasteiger partial charge in [-0.1, -0.05) is 46.4 Å². The first-order chi connectivity index (χ1) is 10.3. The molecule has 0 aliphatic heterocycles. The molecule has 0 aliphatic carbocycles. The summed E-state index contributed by atoms with van der Waals surface area (Å²) in [6.07, 6.45) is 1.62. The Morgan fingerprint density at radius 1 is 1.36 bits per heavy atom. The summed E-state index contributed by atoms with van der Waals surface area (Å²) in [7, 11) is 0. The van der Waals surface area contributed by atoms with Gasteiger partial charge >= 0.3 is 0 Å². The van der Waals surface area contributed by atoms with Crippen LogP contribution in [-0.2, 0) is 11.3 Å². The van der Waals surface area contributed by atoms with Gasteiger partial charge < -0.3 is 4.42 Å². The lowest BCUT2D eigenvalue weighted by Crippen LogP contribution is -2.22. The largest absolute Gasteiger partial charge is 0.461 e. The monoisotopic (exact) mass is 321 g/mol. The average molecular weight is 321 g/mol. The van der Waals surface area contributed by atoms with Gasteiger partial charge in [-0.3, -0.25) is 9.36 Å². The summed E-state index contributed by atoms with van der Waals surface area (Å²) in [6, 6.07) is 3.70. The molecule has 0 saturated carbocycles. The van der Waals surface area contributed by atoms with Gasteiger partial charge in [-0.2, -0.15) is 0 Å². The number of ketones is 1. The predicted molar refractivity (Wildman–Crippen MR) is 87.7 cm³/mol. The van der Waals surface area contributed by atoms with Crippen molar-refractivity contribution in [1.29, 1.82) is 0 Å². The van der Waals surface area contributed by atoms with Crippen LogP contribution in [0.3, 0.4) is 0 Å². The van der Waals surface area contributed by atoms with Crippen LogP contribution < -0.4 is 0 Å². The van der Waals surface area contributed by atoms with Crippen molar-refractivity contribution in [1.82, 2.24) is 14.8 Å². The molecule has 0 N–H and O–H groups in total. The Hall–Kier alpha value is -1.56. The highest BCUT2D eigenvalue weighted by Crippen LogP contribution is 2.27. The van der Waals surface area contributed by atoms with Gasteiger partial charge in [-0.25, -0.2) is 0 Å². The molecule has 2 heterocycles. The number of hydrogen-bond acceptors (Lipinski definition) is 5. The van der Waals surface area contributed by atoms with Crippen molar-refractivity contribution in [2.45, 2.75) is 46.3 Å². The number of furan rings is 1. The van der Waals surface area contributed by atoms with E-state index in [9.17, 15) is 4.79 Å². The van der Waals surface area contributed by atoms with E-state index in [1.807, 2.05) is 37.5 Å². The molecule has 0 fully saturated rings. The Kier molecular flexibility index (Phi) is 5.11. The standard InChI is InChI=1S/C16H23N3O2S/c1-11(2)9-19-14(12-7-6-8-21-12)17-18-15(19)22-10-13(20)16(3,4)5/h6-8,11H,9-10H2,1-5H3. The van der Waals surface area contributed by atoms with E-state index in [0.717, 1.165) is 11.7 Å². The summed E-state index contributed by atoms with van der Waals surface area (Å²) in [4.78, 5) is 12.1. The first kappa shape index (κ1) is 16.8. The minimum Gasteiger partial charge on any atom is -0.461 e. The van der Waals surface area contributed by atoms with Crippen LogP contribution in [0.25, 0.3) is 11.6 Å². The maximum Gasteiger partial charge on any atom is 0.200 e. The first-order valence-corrected chi connectivity index (χ1v) is 8.40. The molecule has 0 spiro atoms. The van der Waals surface area contributed by atoms with Gasteiger partial charge in [-0.05, 0) is 18.1 Å². The van der Waals surface area contributed by atoms with Crippen LogP contribution in [-0.4, -0.2) is 26.3 Å². The van der Waals surface area contributed by atoms with E-state index in [1.165, 1.54) is 11.8 Å². The fourth-order valence-electron chi connectivity index (χ4n) is 1.86. The summed E-state index contributed by atoms with van der Waals surface area (Å²) in [6.45, 7) is 10.9. The lowest BCUT2D eigenvalue weighted by Gasteiger charge is -2.16. The van der Waals surface area contributed by atoms with Crippen LogP contribution in [0.1, 0.15) is 34.6 Å². The smallest absolute Gasteiger partial charge is 0.200 e. The second-order valence-corrected chi connectivity index (χ2v) is 7.69. The molecule has 22 heavy (non-hydrogen) atoms. The van der Waals surface area contributed by atoms with Gasteiger partial charge in [0.15, 0.2) is 16.7 Å². The highest BCUT2D eigenvalue weighted by atomic mass is 32.2. The van der Waals surface area contributed by atoms with Crippen LogP contribution in [0, 0.1) is 11.3 Å². The maximum atomic E-state index is 12.1. The normalized spacial score (nSPS) is 12.1. The number of aromatic nitrogens is 3. The molecule has 0 radical (unpaired) electrons. The highest BCUT2D eigenvalue weighted by molar-refractivity contribution is 7.99. The van der Waals surface area contributed by atoms with Gasteiger partial charge in [-0.15, -0.1) is 10.2 Å². The third-order valence-corrected chi connectivity index (χ3v) is 4.14. The average Bonchev–Trinajstić information content (AvgIpc) is 3.03. The second kappa shape index (κ2) is 6.69. The van der Waals surface area contributed by atoms with E-state index in [2.05, 4.69) is 24.0 Å². The molecule has 120 valence electrons. The van der Waals surface area contributed by atoms with Crippen LogP contribution >= 0.6 is 11.8 Å². The first-order valence-electron chi connectivity index (χ1n) is 7.42. The molecule has 5 nitrogen and oxygen atoms in total.